The Morgan fingerprint density at radius 1 is 1.12 bits per heavy atom. The molecule has 3 heterocycles. The van der Waals surface area contributed by atoms with Gasteiger partial charge in [-0.3, -0.25) is 19.3 Å². The quantitative estimate of drug-likeness (QED) is 0.670. The summed E-state index contributed by atoms with van der Waals surface area (Å²) >= 11 is 1.70. The molecule has 7 nitrogen and oxygen atoms in total. The zero-order valence-electron chi connectivity index (χ0n) is 14.3. The molecule has 0 aliphatic carbocycles. The first kappa shape index (κ1) is 17.8. The number of nitrogens with zero attached hydrogens (tertiary/aromatic N) is 3. The van der Waals surface area contributed by atoms with Crippen LogP contribution in [0.3, 0.4) is 0 Å². The van der Waals surface area contributed by atoms with E-state index in [9.17, 15) is 9.59 Å². The van der Waals surface area contributed by atoms with Gasteiger partial charge in [-0.25, -0.2) is 0 Å². The summed E-state index contributed by atoms with van der Waals surface area (Å²) in [5.41, 5.74) is 1.20. The van der Waals surface area contributed by atoms with Gasteiger partial charge in [0.25, 0.3) is 0 Å². The molecule has 0 bridgehead atoms. The Labute approximate surface area is 155 Å². The number of thiophene rings is 1. The third-order valence-corrected chi connectivity index (χ3v) is 4.62. The molecule has 0 saturated carbocycles. The van der Waals surface area contributed by atoms with E-state index in [-0.39, 0.29) is 18.4 Å². The molecule has 3 aromatic rings. The van der Waals surface area contributed by atoms with Crippen LogP contribution in [0.1, 0.15) is 16.2 Å². The third-order valence-electron chi connectivity index (χ3n) is 3.56. The maximum Gasteiger partial charge on any atom is 0.246 e. The maximum absolute atomic E-state index is 12.0. The number of aromatic nitrogens is 3. The number of carbonyl (C=O) groups excluding carboxylic acids is 2. The van der Waals surface area contributed by atoms with Gasteiger partial charge in [-0.15, -0.1) is 11.3 Å². The molecule has 0 radical (unpaired) electrons. The van der Waals surface area contributed by atoms with Crippen LogP contribution < -0.4 is 10.6 Å². The molecule has 0 aliphatic heterocycles. The number of nitrogens with one attached hydrogen (secondary N) is 2. The van der Waals surface area contributed by atoms with Crippen molar-refractivity contribution in [3.8, 4) is 0 Å². The molecule has 3 rings (SSSR count). The van der Waals surface area contributed by atoms with Gasteiger partial charge in [0.2, 0.25) is 11.8 Å². The fourth-order valence-corrected chi connectivity index (χ4v) is 3.27. The molecule has 0 aliphatic rings. The number of rotatable bonds is 7. The average molecular weight is 369 g/mol. The molecule has 0 atom stereocenters. The van der Waals surface area contributed by atoms with Gasteiger partial charge in [-0.1, -0.05) is 0 Å². The Kier molecular flexibility index (Phi) is 5.75. The van der Waals surface area contributed by atoms with Crippen LogP contribution in [-0.4, -0.2) is 26.6 Å². The first-order valence-corrected chi connectivity index (χ1v) is 8.97. The lowest BCUT2D eigenvalue weighted by atomic mass is 10.2. The predicted molar refractivity (Wildman–Crippen MR) is 101 cm³/mol. The third kappa shape index (κ3) is 5.25. The maximum atomic E-state index is 12.0. The Hall–Kier alpha value is -3.00. The molecule has 2 N–H and O–H groups in total. The van der Waals surface area contributed by atoms with E-state index in [1.54, 1.807) is 42.1 Å². The Morgan fingerprint density at radius 2 is 1.96 bits per heavy atom. The van der Waals surface area contributed by atoms with Gasteiger partial charge < -0.3 is 10.6 Å². The summed E-state index contributed by atoms with van der Waals surface area (Å²) in [5.74, 6) is -0.289. The normalized spacial score (nSPS) is 10.5. The summed E-state index contributed by atoms with van der Waals surface area (Å²) in [7, 11) is 0. The van der Waals surface area contributed by atoms with Crippen LogP contribution in [0.15, 0.2) is 49.1 Å². The second-order valence-electron chi connectivity index (χ2n) is 5.78. The number of anilines is 2. The van der Waals surface area contributed by atoms with Crippen molar-refractivity contribution in [1.29, 1.82) is 0 Å². The monoisotopic (exact) mass is 369 g/mol. The van der Waals surface area contributed by atoms with Gasteiger partial charge in [-0.05, 0) is 37.6 Å². The molecular formula is C18H19N5O2S. The Bertz CT molecular complexity index is 888. The van der Waals surface area contributed by atoms with Crippen LogP contribution in [0.2, 0.25) is 0 Å². The van der Waals surface area contributed by atoms with E-state index < -0.39 is 0 Å². The minimum atomic E-state index is -0.216. The van der Waals surface area contributed by atoms with E-state index >= 15 is 0 Å². The molecule has 2 amide bonds. The van der Waals surface area contributed by atoms with Gasteiger partial charge in [-0.2, -0.15) is 5.10 Å². The Balaban J connectivity index is 1.46. The first-order valence-electron chi connectivity index (χ1n) is 8.16. The van der Waals surface area contributed by atoms with Gasteiger partial charge >= 0.3 is 0 Å². The van der Waals surface area contributed by atoms with Crippen molar-refractivity contribution in [3.63, 3.8) is 0 Å². The van der Waals surface area contributed by atoms with Crippen LogP contribution in [0, 0.1) is 6.92 Å². The molecule has 0 spiro atoms. The van der Waals surface area contributed by atoms with Crippen LogP contribution >= 0.6 is 11.3 Å². The summed E-state index contributed by atoms with van der Waals surface area (Å²) in [6.07, 6.45) is 7.50. The summed E-state index contributed by atoms with van der Waals surface area (Å²) in [4.78, 5) is 30.4. The summed E-state index contributed by atoms with van der Waals surface area (Å²) in [6, 6.07) is 7.61. The fraction of sp³-hybridized carbons (Fsp3) is 0.222. The molecule has 0 fully saturated rings. The predicted octanol–water partition coefficient (Wildman–Crippen LogP) is 2.86. The molecule has 26 heavy (non-hydrogen) atoms. The highest BCUT2D eigenvalue weighted by Gasteiger charge is 2.08. The smallest absolute Gasteiger partial charge is 0.246 e. The average Bonchev–Trinajstić information content (AvgIpc) is 3.22. The van der Waals surface area contributed by atoms with E-state index in [0.717, 1.165) is 0 Å². The molecule has 0 aromatic carbocycles. The van der Waals surface area contributed by atoms with Crippen molar-refractivity contribution in [3.05, 3.63) is 58.8 Å². The lowest BCUT2D eigenvalue weighted by Crippen LogP contribution is -2.19. The van der Waals surface area contributed by atoms with Crippen molar-refractivity contribution in [1.82, 2.24) is 14.8 Å². The zero-order valence-corrected chi connectivity index (χ0v) is 15.1. The lowest BCUT2D eigenvalue weighted by molar-refractivity contribution is -0.117. The number of pyridine rings is 1. The fourth-order valence-electron chi connectivity index (χ4n) is 2.38. The van der Waals surface area contributed by atoms with E-state index in [2.05, 4.69) is 26.8 Å². The minimum absolute atomic E-state index is 0.0548. The van der Waals surface area contributed by atoms with Crippen molar-refractivity contribution >= 4 is 34.5 Å². The number of aryl methyl sites for hydroxylation is 2. The summed E-state index contributed by atoms with van der Waals surface area (Å²) in [5, 5.41) is 9.64. The highest BCUT2D eigenvalue weighted by atomic mass is 32.1. The van der Waals surface area contributed by atoms with Crippen LogP contribution in [-0.2, 0) is 22.6 Å². The first-order chi connectivity index (χ1) is 12.6. The molecule has 0 unspecified atom stereocenters. The topological polar surface area (TPSA) is 88.9 Å². The van der Waals surface area contributed by atoms with Crippen molar-refractivity contribution in [2.45, 2.75) is 26.3 Å². The molecular weight excluding hydrogens is 350 g/mol. The largest absolute Gasteiger partial charge is 0.323 e. The number of hydrogen-bond acceptors (Lipinski definition) is 5. The van der Waals surface area contributed by atoms with Crippen LogP contribution in [0.4, 0.5) is 11.4 Å². The van der Waals surface area contributed by atoms with E-state index in [1.807, 2.05) is 13.0 Å². The molecule has 8 heteroatoms. The van der Waals surface area contributed by atoms with Crippen molar-refractivity contribution in [2.75, 3.05) is 10.6 Å². The highest BCUT2D eigenvalue weighted by molar-refractivity contribution is 7.11. The van der Waals surface area contributed by atoms with Crippen LogP contribution in [0.25, 0.3) is 0 Å². The second-order valence-corrected chi connectivity index (χ2v) is 7.15. The van der Waals surface area contributed by atoms with Gasteiger partial charge in [0.1, 0.15) is 6.54 Å². The number of hydrogen-bond donors (Lipinski definition) is 2. The van der Waals surface area contributed by atoms with E-state index in [1.165, 1.54) is 20.6 Å². The molecule has 3 aromatic heterocycles. The Morgan fingerprint density at radius 3 is 2.69 bits per heavy atom. The van der Waals surface area contributed by atoms with Crippen molar-refractivity contribution < 1.29 is 9.59 Å². The highest BCUT2D eigenvalue weighted by Crippen LogP contribution is 2.17. The number of amides is 2. The van der Waals surface area contributed by atoms with Gasteiger partial charge in [0.15, 0.2) is 0 Å². The summed E-state index contributed by atoms with van der Waals surface area (Å²) in [6.45, 7) is 2.10. The number of carbonyl (C=O) groups is 2. The van der Waals surface area contributed by atoms with Crippen LogP contribution in [0.5, 0.6) is 0 Å². The van der Waals surface area contributed by atoms with Gasteiger partial charge in [0, 0.05) is 28.6 Å². The van der Waals surface area contributed by atoms with Gasteiger partial charge in [0.05, 0.1) is 23.8 Å². The molecule has 134 valence electrons. The lowest BCUT2D eigenvalue weighted by Gasteiger charge is -2.04. The summed E-state index contributed by atoms with van der Waals surface area (Å²) < 4.78 is 1.48. The van der Waals surface area contributed by atoms with E-state index in [0.29, 0.717) is 24.2 Å². The molecule has 0 saturated heterocycles. The van der Waals surface area contributed by atoms with Crippen molar-refractivity contribution in [2.24, 2.45) is 0 Å². The minimum Gasteiger partial charge on any atom is -0.323 e. The standard InChI is InChI=1S/C18H19N5O2S/c1-13-4-5-16(26-13)6-7-17(24)22-15-10-20-23(11-15)12-18(25)21-14-3-2-8-19-9-14/h2-5,8-11H,6-7,12H2,1H3,(H,21,25)(H,22,24). The SMILES string of the molecule is Cc1ccc(CCC(=O)Nc2cnn(CC(=O)Nc3cccnc3)c2)s1. The van der Waals surface area contributed by atoms with E-state index in [4.69, 9.17) is 0 Å². The zero-order chi connectivity index (χ0) is 18.4. The second kappa shape index (κ2) is 8.39.